The fourth-order valence-electron chi connectivity index (χ4n) is 1.69. The highest BCUT2D eigenvalue weighted by atomic mass is 32.1. The van der Waals surface area contributed by atoms with Crippen LogP contribution in [0.5, 0.6) is 0 Å². The molecule has 0 radical (unpaired) electrons. The summed E-state index contributed by atoms with van der Waals surface area (Å²) < 4.78 is 5.49. The van der Waals surface area contributed by atoms with Gasteiger partial charge in [0, 0.05) is 18.4 Å². The number of nitrogens with two attached hydrogens (primary N) is 1. The molecule has 16 heavy (non-hydrogen) atoms. The van der Waals surface area contributed by atoms with Crippen LogP contribution in [0.1, 0.15) is 29.6 Å². The molecule has 6 heteroatoms. The summed E-state index contributed by atoms with van der Waals surface area (Å²) in [5, 5.41) is 11.4. The van der Waals surface area contributed by atoms with Gasteiger partial charge in [0.25, 0.3) is 0 Å². The number of nitrogens with zero attached hydrogens (tertiary/aromatic N) is 1. The zero-order valence-electron chi connectivity index (χ0n) is 8.76. The first-order valence-corrected chi connectivity index (χ1v) is 6.09. The highest BCUT2D eigenvalue weighted by Gasteiger charge is 2.21. The molecule has 1 aliphatic heterocycles. The summed E-state index contributed by atoms with van der Waals surface area (Å²) in [6.07, 6.45) is 3.15. The fourth-order valence-corrected chi connectivity index (χ4v) is 2.58. The topological polar surface area (TPSA) is 85.4 Å². The number of carboxylic acid groups (broad SMARTS) is 1. The molecule has 2 heterocycles. The van der Waals surface area contributed by atoms with Gasteiger partial charge in [0.05, 0.1) is 16.8 Å². The fraction of sp³-hybridized carbons (Fsp3) is 0.600. The monoisotopic (exact) mass is 242 g/mol. The molecule has 2 atom stereocenters. The van der Waals surface area contributed by atoms with Crippen LogP contribution in [0.2, 0.25) is 0 Å². The molecule has 0 spiro atoms. The number of carboxylic acids is 1. The van der Waals surface area contributed by atoms with Gasteiger partial charge in [0.15, 0.2) is 0 Å². The first-order valence-electron chi connectivity index (χ1n) is 5.21. The van der Waals surface area contributed by atoms with Crippen LogP contribution < -0.4 is 5.73 Å². The molecule has 1 aromatic heterocycles. The molecular formula is C10H14N2O3S. The second-order valence-corrected chi connectivity index (χ2v) is 4.76. The summed E-state index contributed by atoms with van der Waals surface area (Å²) >= 11 is 1.45. The van der Waals surface area contributed by atoms with Crippen molar-refractivity contribution in [3.05, 3.63) is 16.1 Å². The predicted molar refractivity (Wildman–Crippen MR) is 59.4 cm³/mol. The van der Waals surface area contributed by atoms with Crippen LogP contribution in [-0.4, -0.2) is 28.8 Å². The minimum Gasteiger partial charge on any atom is -0.480 e. The SMILES string of the molecule is NC(C(=O)O)c1csc(CC2CCCO2)n1. The molecule has 0 aliphatic carbocycles. The Morgan fingerprint density at radius 2 is 2.62 bits per heavy atom. The minimum atomic E-state index is -1.05. The molecule has 5 nitrogen and oxygen atoms in total. The van der Waals surface area contributed by atoms with Crippen LogP contribution in [0.4, 0.5) is 0 Å². The zero-order valence-corrected chi connectivity index (χ0v) is 9.57. The van der Waals surface area contributed by atoms with Gasteiger partial charge in [-0.25, -0.2) is 4.98 Å². The van der Waals surface area contributed by atoms with E-state index in [1.165, 1.54) is 11.3 Å². The summed E-state index contributed by atoms with van der Waals surface area (Å²) in [6, 6.07) is -1.02. The van der Waals surface area contributed by atoms with Crippen molar-refractivity contribution in [2.75, 3.05) is 6.61 Å². The lowest BCUT2D eigenvalue weighted by molar-refractivity contribution is -0.138. The van der Waals surface area contributed by atoms with Crippen molar-refractivity contribution < 1.29 is 14.6 Å². The van der Waals surface area contributed by atoms with Crippen LogP contribution in [0.3, 0.4) is 0 Å². The smallest absolute Gasteiger partial charge is 0.326 e. The number of rotatable bonds is 4. The Morgan fingerprint density at radius 3 is 3.25 bits per heavy atom. The van der Waals surface area contributed by atoms with Crippen molar-refractivity contribution in [2.45, 2.75) is 31.4 Å². The van der Waals surface area contributed by atoms with Crippen LogP contribution in [0.25, 0.3) is 0 Å². The number of ether oxygens (including phenoxy) is 1. The Balaban J connectivity index is 1.98. The normalized spacial score (nSPS) is 22.2. The molecule has 3 N–H and O–H groups in total. The summed E-state index contributed by atoms with van der Waals surface area (Å²) in [4.78, 5) is 14.9. The maximum atomic E-state index is 10.7. The van der Waals surface area contributed by atoms with Crippen molar-refractivity contribution in [3.63, 3.8) is 0 Å². The van der Waals surface area contributed by atoms with E-state index in [1.54, 1.807) is 5.38 Å². The van der Waals surface area contributed by atoms with E-state index in [-0.39, 0.29) is 6.10 Å². The molecule has 1 aromatic rings. The van der Waals surface area contributed by atoms with E-state index in [9.17, 15) is 4.79 Å². The Bertz CT molecular complexity index is 374. The van der Waals surface area contributed by atoms with E-state index in [1.807, 2.05) is 0 Å². The average molecular weight is 242 g/mol. The molecular weight excluding hydrogens is 228 g/mol. The highest BCUT2D eigenvalue weighted by Crippen LogP contribution is 2.21. The third-order valence-corrected chi connectivity index (χ3v) is 3.47. The molecule has 0 bridgehead atoms. The maximum absolute atomic E-state index is 10.7. The van der Waals surface area contributed by atoms with Gasteiger partial charge >= 0.3 is 5.97 Å². The Kier molecular flexibility index (Phi) is 3.52. The van der Waals surface area contributed by atoms with E-state index in [4.69, 9.17) is 15.6 Å². The molecule has 0 saturated carbocycles. The first-order chi connectivity index (χ1) is 7.66. The van der Waals surface area contributed by atoms with Gasteiger partial charge in [-0.1, -0.05) is 0 Å². The van der Waals surface area contributed by atoms with Crippen molar-refractivity contribution in [1.82, 2.24) is 4.98 Å². The number of aliphatic carboxylic acids is 1. The van der Waals surface area contributed by atoms with Crippen molar-refractivity contribution in [1.29, 1.82) is 0 Å². The van der Waals surface area contributed by atoms with E-state index in [0.29, 0.717) is 5.69 Å². The standard InChI is InChI=1S/C10H14N2O3S/c11-9(10(13)14)7-5-16-8(12-7)4-6-2-1-3-15-6/h5-6,9H,1-4,11H2,(H,13,14). The Hall–Kier alpha value is -0.980. The Morgan fingerprint density at radius 1 is 1.81 bits per heavy atom. The predicted octanol–water partition coefficient (Wildman–Crippen LogP) is 0.949. The first kappa shape index (κ1) is 11.5. The average Bonchev–Trinajstić information content (AvgIpc) is 2.88. The zero-order chi connectivity index (χ0) is 11.5. The molecule has 0 aromatic carbocycles. The summed E-state index contributed by atoms with van der Waals surface area (Å²) in [6.45, 7) is 0.817. The van der Waals surface area contributed by atoms with Crippen LogP contribution >= 0.6 is 11.3 Å². The summed E-state index contributed by atoms with van der Waals surface area (Å²) in [5.74, 6) is -1.05. The number of aromatic nitrogens is 1. The van der Waals surface area contributed by atoms with E-state index in [0.717, 1.165) is 30.9 Å². The van der Waals surface area contributed by atoms with Crippen LogP contribution in [-0.2, 0) is 16.0 Å². The van der Waals surface area contributed by atoms with Gasteiger partial charge in [0.1, 0.15) is 6.04 Å². The van der Waals surface area contributed by atoms with Crippen molar-refractivity contribution in [2.24, 2.45) is 5.73 Å². The molecule has 2 rings (SSSR count). The molecule has 2 unspecified atom stereocenters. The van der Waals surface area contributed by atoms with Gasteiger partial charge in [-0.05, 0) is 12.8 Å². The summed E-state index contributed by atoms with van der Waals surface area (Å²) in [5.41, 5.74) is 5.91. The number of carbonyl (C=O) groups is 1. The van der Waals surface area contributed by atoms with Crippen molar-refractivity contribution in [3.8, 4) is 0 Å². The number of hydrogen-bond donors (Lipinski definition) is 2. The number of hydrogen-bond acceptors (Lipinski definition) is 5. The third kappa shape index (κ3) is 2.58. The molecule has 1 aliphatic rings. The lowest BCUT2D eigenvalue weighted by atomic mass is 10.2. The van der Waals surface area contributed by atoms with Gasteiger partial charge < -0.3 is 15.6 Å². The van der Waals surface area contributed by atoms with E-state index < -0.39 is 12.0 Å². The minimum absolute atomic E-state index is 0.236. The van der Waals surface area contributed by atoms with E-state index >= 15 is 0 Å². The second-order valence-electron chi connectivity index (χ2n) is 3.82. The molecule has 1 saturated heterocycles. The summed E-state index contributed by atoms with van der Waals surface area (Å²) in [7, 11) is 0. The van der Waals surface area contributed by atoms with Gasteiger partial charge in [-0.3, -0.25) is 4.79 Å². The Labute approximate surface area is 97.2 Å². The lowest BCUT2D eigenvalue weighted by Crippen LogP contribution is -2.21. The second kappa shape index (κ2) is 4.90. The van der Waals surface area contributed by atoms with E-state index in [2.05, 4.69) is 4.98 Å². The molecule has 0 amide bonds. The molecule has 1 fully saturated rings. The highest BCUT2D eigenvalue weighted by molar-refractivity contribution is 7.09. The van der Waals surface area contributed by atoms with Crippen LogP contribution in [0, 0.1) is 0 Å². The largest absolute Gasteiger partial charge is 0.480 e. The quantitative estimate of drug-likeness (QED) is 0.821. The van der Waals surface area contributed by atoms with Gasteiger partial charge in [-0.15, -0.1) is 11.3 Å². The van der Waals surface area contributed by atoms with Crippen LogP contribution in [0.15, 0.2) is 5.38 Å². The van der Waals surface area contributed by atoms with Gasteiger partial charge in [0.2, 0.25) is 0 Å². The third-order valence-electron chi connectivity index (χ3n) is 2.58. The van der Waals surface area contributed by atoms with Crippen molar-refractivity contribution >= 4 is 17.3 Å². The number of thiazole rings is 1. The maximum Gasteiger partial charge on any atom is 0.326 e. The van der Waals surface area contributed by atoms with Gasteiger partial charge in [-0.2, -0.15) is 0 Å². The lowest BCUT2D eigenvalue weighted by Gasteiger charge is -2.05. The molecule has 88 valence electrons.